The standard InChI is InChI=1S/C20H18N4O3/c1-2-27-19(26)15-7-4-8-16(13-15)23-18(25)14-6-3-9-17(12-14)24-20-21-10-5-11-22-20/h3-13H,2H2,1H3,(H,23,25)(H,21,22,24). The van der Waals surface area contributed by atoms with E-state index in [9.17, 15) is 9.59 Å². The number of benzene rings is 2. The fourth-order valence-electron chi connectivity index (χ4n) is 2.37. The number of aromatic nitrogens is 2. The molecule has 0 saturated carbocycles. The molecule has 136 valence electrons. The van der Waals surface area contributed by atoms with E-state index in [4.69, 9.17) is 4.74 Å². The summed E-state index contributed by atoms with van der Waals surface area (Å²) in [6.45, 7) is 2.03. The Morgan fingerprint density at radius 2 is 1.59 bits per heavy atom. The third-order valence-electron chi connectivity index (χ3n) is 3.58. The molecule has 3 rings (SSSR count). The summed E-state index contributed by atoms with van der Waals surface area (Å²) in [6.07, 6.45) is 3.25. The normalized spacial score (nSPS) is 10.1. The fraction of sp³-hybridized carbons (Fsp3) is 0.100. The fourth-order valence-corrected chi connectivity index (χ4v) is 2.37. The zero-order chi connectivity index (χ0) is 19.1. The van der Waals surface area contributed by atoms with Gasteiger partial charge in [-0.25, -0.2) is 14.8 Å². The lowest BCUT2D eigenvalue weighted by molar-refractivity contribution is 0.0526. The zero-order valence-corrected chi connectivity index (χ0v) is 14.7. The summed E-state index contributed by atoms with van der Waals surface area (Å²) in [5.74, 6) is -0.284. The quantitative estimate of drug-likeness (QED) is 0.650. The van der Waals surface area contributed by atoms with E-state index in [0.29, 0.717) is 35.1 Å². The van der Waals surface area contributed by atoms with Crippen LogP contribution in [0.5, 0.6) is 0 Å². The predicted octanol–water partition coefficient (Wildman–Crippen LogP) is 3.65. The molecule has 0 saturated heterocycles. The van der Waals surface area contributed by atoms with E-state index in [0.717, 1.165) is 0 Å². The number of nitrogens with one attached hydrogen (secondary N) is 2. The monoisotopic (exact) mass is 362 g/mol. The van der Waals surface area contributed by atoms with Crippen molar-refractivity contribution in [3.8, 4) is 0 Å². The predicted molar refractivity (Wildman–Crippen MR) is 102 cm³/mol. The van der Waals surface area contributed by atoms with E-state index in [1.165, 1.54) is 0 Å². The van der Waals surface area contributed by atoms with E-state index in [-0.39, 0.29) is 5.91 Å². The number of rotatable bonds is 6. The van der Waals surface area contributed by atoms with Crippen molar-refractivity contribution in [3.63, 3.8) is 0 Å². The Balaban J connectivity index is 1.72. The second-order valence-electron chi connectivity index (χ2n) is 5.53. The molecule has 2 aromatic carbocycles. The lowest BCUT2D eigenvalue weighted by atomic mass is 10.1. The number of nitrogens with zero attached hydrogens (tertiary/aromatic N) is 2. The molecule has 3 aromatic rings. The Bertz CT molecular complexity index is 945. The van der Waals surface area contributed by atoms with Gasteiger partial charge in [-0.3, -0.25) is 4.79 Å². The van der Waals surface area contributed by atoms with E-state index in [1.807, 2.05) is 6.07 Å². The average molecular weight is 362 g/mol. The van der Waals surface area contributed by atoms with Gasteiger partial charge in [0.25, 0.3) is 5.91 Å². The van der Waals surface area contributed by atoms with Gasteiger partial charge in [-0.05, 0) is 49.4 Å². The van der Waals surface area contributed by atoms with Gasteiger partial charge in [0.05, 0.1) is 12.2 Å². The van der Waals surface area contributed by atoms with E-state index < -0.39 is 5.97 Å². The first-order valence-corrected chi connectivity index (χ1v) is 8.38. The highest BCUT2D eigenvalue weighted by Crippen LogP contribution is 2.17. The summed E-state index contributed by atoms with van der Waals surface area (Å²) >= 11 is 0. The minimum absolute atomic E-state index is 0.292. The minimum atomic E-state index is -0.428. The van der Waals surface area contributed by atoms with Crippen LogP contribution in [-0.4, -0.2) is 28.5 Å². The van der Waals surface area contributed by atoms with Gasteiger partial charge in [0, 0.05) is 29.3 Å². The van der Waals surface area contributed by atoms with E-state index in [2.05, 4.69) is 20.6 Å². The first-order valence-electron chi connectivity index (χ1n) is 8.38. The van der Waals surface area contributed by atoms with Gasteiger partial charge in [0.15, 0.2) is 0 Å². The SMILES string of the molecule is CCOC(=O)c1cccc(NC(=O)c2cccc(Nc3ncccn3)c2)c1. The number of anilines is 3. The molecular weight excluding hydrogens is 344 g/mol. The average Bonchev–Trinajstić information content (AvgIpc) is 2.69. The highest BCUT2D eigenvalue weighted by molar-refractivity contribution is 6.05. The number of hydrogen-bond acceptors (Lipinski definition) is 6. The van der Waals surface area contributed by atoms with Crippen molar-refractivity contribution in [2.75, 3.05) is 17.2 Å². The Hall–Kier alpha value is -3.74. The number of ether oxygens (including phenoxy) is 1. The van der Waals surface area contributed by atoms with Crippen LogP contribution in [0.2, 0.25) is 0 Å². The molecule has 0 atom stereocenters. The summed E-state index contributed by atoms with van der Waals surface area (Å²) in [6, 6.07) is 15.3. The maximum absolute atomic E-state index is 12.5. The first kappa shape index (κ1) is 18.1. The maximum atomic E-state index is 12.5. The van der Waals surface area contributed by atoms with Gasteiger partial charge in [0.2, 0.25) is 5.95 Å². The highest BCUT2D eigenvalue weighted by Gasteiger charge is 2.10. The summed E-state index contributed by atoms with van der Waals surface area (Å²) in [5, 5.41) is 5.82. The number of esters is 1. The Morgan fingerprint density at radius 1 is 0.926 bits per heavy atom. The molecule has 27 heavy (non-hydrogen) atoms. The van der Waals surface area contributed by atoms with Crippen LogP contribution in [0.1, 0.15) is 27.6 Å². The Kier molecular flexibility index (Phi) is 5.73. The van der Waals surface area contributed by atoms with Gasteiger partial charge in [0.1, 0.15) is 0 Å². The van der Waals surface area contributed by atoms with Crippen LogP contribution < -0.4 is 10.6 Å². The molecular formula is C20H18N4O3. The number of carbonyl (C=O) groups is 2. The summed E-state index contributed by atoms with van der Waals surface area (Å²) in [5.41, 5.74) is 2.04. The third-order valence-corrected chi connectivity index (χ3v) is 3.58. The van der Waals surface area contributed by atoms with Crippen LogP contribution in [0.25, 0.3) is 0 Å². The Labute approximate surface area is 156 Å². The van der Waals surface area contributed by atoms with Crippen molar-refractivity contribution >= 4 is 29.2 Å². The van der Waals surface area contributed by atoms with Gasteiger partial charge in [-0.1, -0.05) is 12.1 Å². The molecule has 7 nitrogen and oxygen atoms in total. The molecule has 1 heterocycles. The van der Waals surface area contributed by atoms with Gasteiger partial charge in [-0.15, -0.1) is 0 Å². The molecule has 0 aliphatic heterocycles. The number of amides is 1. The third kappa shape index (κ3) is 4.88. The molecule has 0 aliphatic carbocycles. The van der Waals surface area contributed by atoms with Crippen molar-refractivity contribution in [1.82, 2.24) is 9.97 Å². The highest BCUT2D eigenvalue weighted by atomic mass is 16.5. The second kappa shape index (κ2) is 8.57. The Morgan fingerprint density at radius 3 is 2.33 bits per heavy atom. The summed E-state index contributed by atoms with van der Waals surface area (Å²) in [7, 11) is 0. The molecule has 1 amide bonds. The van der Waals surface area contributed by atoms with Crippen molar-refractivity contribution in [2.24, 2.45) is 0 Å². The van der Waals surface area contributed by atoms with E-state index >= 15 is 0 Å². The van der Waals surface area contributed by atoms with Crippen LogP contribution >= 0.6 is 0 Å². The second-order valence-corrected chi connectivity index (χ2v) is 5.53. The van der Waals surface area contributed by atoms with Crippen molar-refractivity contribution in [3.05, 3.63) is 78.1 Å². The minimum Gasteiger partial charge on any atom is -0.462 e. The largest absolute Gasteiger partial charge is 0.462 e. The van der Waals surface area contributed by atoms with Gasteiger partial charge < -0.3 is 15.4 Å². The first-order chi connectivity index (χ1) is 13.2. The van der Waals surface area contributed by atoms with Gasteiger partial charge in [-0.2, -0.15) is 0 Å². The molecule has 0 bridgehead atoms. The molecule has 0 radical (unpaired) electrons. The van der Waals surface area contributed by atoms with Crippen molar-refractivity contribution < 1.29 is 14.3 Å². The van der Waals surface area contributed by atoms with Crippen LogP contribution in [0, 0.1) is 0 Å². The van der Waals surface area contributed by atoms with Crippen LogP contribution in [-0.2, 0) is 4.74 Å². The summed E-state index contributed by atoms with van der Waals surface area (Å²) < 4.78 is 4.97. The number of hydrogen-bond donors (Lipinski definition) is 2. The number of carbonyl (C=O) groups excluding carboxylic acids is 2. The lowest BCUT2D eigenvalue weighted by Crippen LogP contribution is -2.13. The van der Waals surface area contributed by atoms with Crippen LogP contribution in [0.15, 0.2) is 67.0 Å². The van der Waals surface area contributed by atoms with Crippen LogP contribution in [0.4, 0.5) is 17.3 Å². The van der Waals surface area contributed by atoms with Gasteiger partial charge >= 0.3 is 5.97 Å². The van der Waals surface area contributed by atoms with Crippen molar-refractivity contribution in [2.45, 2.75) is 6.92 Å². The zero-order valence-electron chi connectivity index (χ0n) is 14.7. The molecule has 0 aliphatic rings. The molecule has 7 heteroatoms. The van der Waals surface area contributed by atoms with Crippen molar-refractivity contribution in [1.29, 1.82) is 0 Å². The maximum Gasteiger partial charge on any atom is 0.338 e. The molecule has 0 fully saturated rings. The molecule has 1 aromatic heterocycles. The van der Waals surface area contributed by atoms with Crippen LogP contribution in [0.3, 0.4) is 0 Å². The molecule has 0 spiro atoms. The molecule has 0 unspecified atom stereocenters. The molecule has 2 N–H and O–H groups in total. The smallest absolute Gasteiger partial charge is 0.338 e. The summed E-state index contributed by atoms with van der Waals surface area (Å²) in [4.78, 5) is 32.5. The topological polar surface area (TPSA) is 93.2 Å². The lowest BCUT2D eigenvalue weighted by Gasteiger charge is -2.09. The van der Waals surface area contributed by atoms with E-state index in [1.54, 1.807) is 67.8 Å².